The third-order valence-electron chi connectivity index (χ3n) is 3.29. The van der Waals surface area contributed by atoms with E-state index in [-0.39, 0.29) is 11.8 Å². The molecular formula is C15H23N3O2. The van der Waals surface area contributed by atoms with Crippen LogP contribution in [0, 0.1) is 6.92 Å². The van der Waals surface area contributed by atoms with Crippen LogP contribution in [0.1, 0.15) is 36.7 Å². The Labute approximate surface area is 120 Å². The van der Waals surface area contributed by atoms with Gasteiger partial charge in [0.05, 0.1) is 0 Å². The number of anilines is 1. The summed E-state index contributed by atoms with van der Waals surface area (Å²) in [6.07, 6.45) is 0. The zero-order valence-corrected chi connectivity index (χ0v) is 12.6. The van der Waals surface area contributed by atoms with E-state index in [1.54, 1.807) is 30.0 Å². The van der Waals surface area contributed by atoms with Crippen molar-refractivity contribution in [3.05, 3.63) is 29.3 Å². The lowest BCUT2D eigenvalue weighted by atomic mass is 10.1. The maximum Gasteiger partial charge on any atom is 0.252 e. The Morgan fingerprint density at radius 1 is 1.30 bits per heavy atom. The van der Waals surface area contributed by atoms with Crippen molar-refractivity contribution in [3.8, 4) is 0 Å². The number of benzene rings is 1. The molecule has 2 amide bonds. The first-order valence-corrected chi connectivity index (χ1v) is 6.86. The van der Waals surface area contributed by atoms with Gasteiger partial charge in [0, 0.05) is 24.3 Å². The first-order chi connectivity index (χ1) is 9.40. The van der Waals surface area contributed by atoms with Crippen LogP contribution in [-0.4, -0.2) is 35.8 Å². The largest absolute Gasteiger partial charge is 0.399 e. The van der Waals surface area contributed by atoms with Gasteiger partial charge in [0.1, 0.15) is 6.04 Å². The highest BCUT2D eigenvalue weighted by molar-refractivity contribution is 5.98. The number of hydrogen-bond acceptors (Lipinski definition) is 3. The van der Waals surface area contributed by atoms with Crippen molar-refractivity contribution >= 4 is 17.5 Å². The molecule has 0 bridgehead atoms. The number of nitrogen functional groups attached to an aromatic ring is 1. The second kappa shape index (κ2) is 6.93. The van der Waals surface area contributed by atoms with Crippen molar-refractivity contribution < 1.29 is 9.59 Å². The molecule has 0 heterocycles. The van der Waals surface area contributed by atoms with Crippen LogP contribution in [0.3, 0.4) is 0 Å². The van der Waals surface area contributed by atoms with Gasteiger partial charge in [-0.3, -0.25) is 9.59 Å². The summed E-state index contributed by atoms with van der Waals surface area (Å²) in [5, 5.41) is 2.73. The number of likely N-dealkylation sites (N-methyl/N-ethyl adjacent to an activating group) is 1. The van der Waals surface area contributed by atoms with Gasteiger partial charge in [-0.25, -0.2) is 0 Å². The summed E-state index contributed by atoms with van der Waals surface area (Å²) in [4.78, 5) is 26.0. The molecule has 3 N–H and O–H groups in total. The Kier molecular flexibility index (Phi) is 5.55. The highest BCUT2D eigenvalue weighted by atomic mass is 16.2. The molecule has 1 atom stereocenters. The van der Waals surface area contributed by atoms with E-state index in [4.69, 9.17) is 5.73 Å². The van der Waals surface area contributed by atoms with Gasteiger partial charge >= 0.3 is 0 Å². The summed E-state index contributed by atoms with van der Waals surface area (Å²) in [5.41, 5.74) is 7.61. The monoisotopic (exact) mass is 277 g/mol. The molecule has 0 aliphatic heterocycles. The topological polar surface area (TPSA) is 75.4 Å². The SMILES string of the molecule is CCN(CC)C(=O)C(C)NC(=O)c1ccc(N)cc1C. The van der Waals surface area contributed by atoms with Crippen molar-refractivity contribution in [2.24, 2.45) is 0 Å². The fourth-order valence-electron chi connectivity index (χ4n) is 2.09. The number of hydrogen-bond donors (Lipinski definition) is 2. The first kappa shape index (κ1) is 16.0. The van der Waals surface area contributed by atoms with Crippen LogP contribution >= 0.6 is 0 Å². The third-order valence-corrected chi connectivity index (χ3v) is 3.29. The standard InChI is InChI=1S/C15H23N3O2/c1-5-18(6-2)15(20)11(4)17-14(19)13-8-7-12(16)9-10(13)3/h7-9,11H,5-6,16H2,1-4H3,(H,17,19). The second-order valence-electron chi connectivity index (χ2n) is 4.78. The molecule has 0 fully saturated rings. The quantitative estimate of drug-likeness (QED) is 0.802. The zero-order valence-electron chi connectivity index (χ0n) is 12.6. The number of carbonyl (C=O) groups is 2. The van der Waals surface area contributed by atoms with E-state index in [0.29, 0.717) is 24.3 Å². The smallest absolute Gasteiger partial charge is 0.252 e. The predicted octanol–water partition coefficient (Wildman–Crippen LogP) is 1.56. The van der Waals surface area contributed by atoms with Crippen LogP contribution in [0.25, 0.3) is 0 Å². The summed E-state index contributed by atoms with van der Waals surface area (Å²) in [6, 6.07) is 4.55. The van der Waals surface area contributed by atoms with Crippen molar-refractivity contribution in [1.29, 1.82) is 0 Å². The average molecular weight is 277 g/mol. The molecule has 0 aliphatic carbocycles. The molecule has 0 radical (unpaired) electrons. The van der Waals surface area contributed by atoms with Crippen LogP contribution < -0.4 is 11.1 Å². The van der Waals surface area contributed by atoms with E-state index >= 15 is 0 Å². The van der Waals surface area contributed by atoms with Crippen LogP contribution in [-0.2, 0) is 4.79 Å². The Morgan fingerprint density at radius 3 is 2.40 bits per heavy atom. The summed E-state index contributed by atoms with van der Waals surface area (Å²) in [5.74, 6) is -0.327. The van der Waals surface area contributed by atoms with Crippen molar-refractivity contribution in [2.45, 2.75) is 33.7 Å². The van der Waals surface area contributed by atoms with Gasteiger partial charge in [-0.15, -0.1) is 0 Å². The minimum atomic E-state index is -0.542. The lowest BCUT2D eigenvalue weighted by molar-refractivity contribution is -0.132. The van der Waals surface area contributed by atoms with E-state index in [2.05, 4.69) is 5.32 Å². The molecule has 1 rings (SSSR count). The van der Waals surface area contributed by atoms with Gasteiger partial charge in [0.25, 0.3) is 5.91 Å². The summed E-state index contributed by atoms with van der Waals surface area (Å²) in [6.45, 7) is 8.63. The number of nitrogens with zero attached hydrogens (tertiary/aromatic N) is 1. The van der Waals surface area contributed by atoms with E-state index in [1.165, 1.54) is 0 Å². The van der Waals surface area contributed by atoms with E-state index in [0.717, 1.165) is 5.56 Å². The average Bonchev–Trinajstić information content (AvgIpc) is 2.39. The van der Waals surface area contributed by atoms with Gasteiger partial charge in [-0.2, -0.15) is 0 Å². The highest BCUT2D eigenvalue weighted by Crippen LogP contribution is 2.12. The number of amides is 2. The summed E-state index contributed by atoms with van der Waals surface area (Å²) in [7, 11) is 0. The molecule has 0 saturated heterocycles. The Morgan fingerprint density at radius 2 is 1.90 bits per heavy atom. The summed E-state index contributed by atoms with van der Waals surface area (Å²) >= 11 is 0. The maximum absolute atomic E-state index is 12.2. The molecular weight excluding hydrogens is 254 g/mol. The van der Waals surface area contributed by atoms with Crippen molar-refractivity contribution in [1.82, 2.24) is 10.2 Å². The van der Waals surface area contributed by atoms with E-state index < -0.39 is 6.04 Å². The van der Waals surface area contributed by atoms with Crippen LogP contribution in [0.2, 0.25) is 0 Å². The first-order valence-electron chi connectivity index (χ1n) is 6.86. The summed E-state index contributed by atoms with van der Waals surface area (Å²) < 4.78 is 0. The molecule has 0 saturated carbocycles. The maximum atomic E-state index is 12.2. The van der Waals surface area contributed by atoms with E-state index in [1.807, 2.05) is 20.8 Å². The molecule has 5 heteroatoms. The van der Waals surface area contributed by atoms with Crippen molar-refractivity contribution in [2.75, 3.05) is 18.8 Å². The second-order valence-corrected chi connectivity index (χ2v) is 4.78. The Balaban J connectivity index is 2.77. The Bertz CT molecular complexity index is 496. The normalized spacial score (nSPS) is 11.8. The minimum absolute atomic E-state index is 0.0727. The number of nitrogens with one attached hydrogen (secondary N) is 1. The van der Waals surface area contributed by atoms with Crippen LogP contribution in [0.4, 0.5) is 5.69 Å². The molecule has 0 aliphatic rings. The molecule has 1 unspecified atom stereocenters. The fourth-order valence-corrected chi connectivity index (χ4v) is 2.09. The zero-order chi connectivity index (χ0) is 15.3. The molecule has 0 aromatic heterocycles. The number of nitrogens with two attached hydrogens (primary N) is 1. The van der Waals surface area contributed by atoms with Crippen LogP contribution in [0.15, 0.2) is 18.2 Å². The van der Waals surface area contributed by atoms with Gasteiger partial charge in [0.15, 0.2) is 0 Å². The van der Waals surface area contributed by atoms with Gasteiger partial charge in [-0.05, 0) is 51.5 Å². The third kappa shape index (κ3) is 3.73. The van der Waals surface area contributed by atoms with Gasteiger partial charge < -0.3 is 16.0 Å². The Hall–Kier alpha value is -2.04. The predicted molar refractivity (Wildman–Crippen MR) is 80.4 cm³/mol. The molecule has 1 aromatic carbocycles. The van der Waals surface area contributed by atoms with Crippen LogP contribution in [0.5, 0.6) is 0 Å². The number of carbonyl (C=O) groups excluding carboxylic acids is 2. The molecule has 5 nitrogen and oxygen atoms in total. The highest BCUT2D eigenvalue weighted by Gasteiger charge is 2.21. The minimum Gasteiger partial charge on any atom is -0.399 e. The molecule has 1 aromatic rings. The molecule has 110 valence electrons. The number of rotatable bonds is 5. The van der Waals surface area contributed by atoms with E-state index in [9.17, 15) is 9.59 Å². The van der Waals surface area contributed by atoms with Gasteiger partial charge in [-0.1, -0.05) is 0 Å². The van der Waals surface area contributed by atoms with Crippen molar-refractivity contribution in [3.63, 3.8) is 0 Å². The molecule has 0 spiro atoms. The van der Waals surface area contributed by atoms with Gasteiger partial charge in [0.2, 0.25) is 5.91 Å². The fraction of sp³-hybridized carbons (Fsp3) is 0.467. The lowest BCUT2D eigenvalue weighted by Gasteiger charge is -2.23. The number of aryl methyl sites for hydroxylation is 1. The lowest BCUT2D eigenvalue weighted by Crippen LogP contribution is -2.46. The molecule has 20 heavy (non-hydrogen) atoms.